The Kier molecular flexibility index (Phi) is 6.10. The Labute approximate surface area is 166 Å². The Morgan fingerprint density at radius 3 is 2.63 bits per heavy atom. The van der Waals surface area contributed by atoms with Crippen molar-refractivity contribution in [3.63, 3.8) is 0 Å². The predicted octanol–water partition coefficient (Wildman–Crippen LogP) is 3.01. The van der Waals surface area contributed by atoms with E-state index < -0.39 is 11.8 Å². The Morgan fingerprint density at radius 1 is 1.19 bits per heavy atom. The van der Waals surface area contributed by atoms with Crippen LogP contribution in [0.1, 0.15) is 5.56 Å². The molecule has 1 saturated heterocycles. The number of amides is 2. The highest BCUT2D eigenvalue weighted by molar-refractivity contribution is 8.26. The van der Waals surface area contributed by atoms with Crippen molar-refractivity contribution in [2.45, 2.75) is 0 Å². The lowest BCUT2D eigenvalue weighted by Crippen LogP contribution is -2.46. The molecule has 0 atom stereocenters. The summed E-state index contributed by atoms with van der Waals surface area (Å²) in [4.78, 5) is 25.1. The summed E-state index contributed by atoms with van der Waals surface area (Å²) in [5.41, 5.74) is 3.23. The van der Waals surface area contributed by atoms with Crippen molar-refractivity contribution in [1.82, 2.24) is 10.4 Å². The fourth-order valence-corrected chi connectivity index (χ4v) is 3.48. The molecule has 1 heterocycles. The summed E-state index contributed by atoms with van der Waals surface area (Å²) in [6.45, 7) is -0.230. The first-order chi connectivity index (χ1) is 13.1. The van der Waals surface area contributed by atoms with Crippen LogP contribution in [0.25, 0.3) is 6.08 Å². The van der Waals surface area contributed by atoms with Gasteiger partial charge in [0.2, 0.25) is 0 Å². The molecule has 2 aromatic carbocycles. The molecule has 1 fully saturated rings. The number of nitrogens with one attached hydrogen (secondary N) is 1. The fourth-order valence-electron chi connectivity index (χ4n) is 2.31. The first kappa shape index (κ1) is 18.9. The summed E-state index contributed by atoms with van der Waals surface area (Å²) in [5, 5.41) is 1.05. The van der Waals surface area contributed by atoms with Crippen molar-refractivity contribution in [3.05, 3.63) is 65.1 Å². The summed E-state index contributed by atoms with van der Waals surface area (Å²) in [6.07, 6.45) is 1.69. The number of thiocarbonyl (C=S) groups is 1. The molecule has 0 radical (unpaired) electrons. The number of carbonyl (C=O) groups is 2. The number of methoxy groups -OCH3 is 1. The van der Waals surface area contributed by atoms with Gasteiger partial charge in [-0.2, -0.15) is 5.01 Å². The molecule has 8 heteroatoms. The SMILES string of the molecule is COc1ccccc1C=C1SC(=S)N(NC(=O)COc2ccccc2)C1=O. The van der Waals surface area contributed by atoms with Crippen molar-refractivity contribution in [2.75, 3.05) is 13.7 Å². The highest BCUT2D eigenvalue weighted by atomic mass is 32.2. The van der Waals surface area contributed by atoms with Gasteiger partial charge in [-0.05, 0) is 36.5 Å². The molecular formula is C19H16N2O4S2. The number of benzene rings is 2. The summed E-state index contributed by atoms with van der Waals surface area (Å²) in [7, 11) is 1.56. The first-order valence-electron chi connectivity index (χ1n) is 7.97. The molecule has 0 unspecified atom stereocenters. The highest BCUT2D eigenvalue weighted by Crippen LogP contribution is 2.33. The van der Waals surface area contributed by atoms with Gasteiger partial charge in [-0.25, -0.2) is 0 Å². The van der Waals surface area contributed by atoms with Gasteiger partial charge in [-0.3, -0.25) is 15.0 Å². The third kappa shape index (κ3) is 4.66. The summed E-state index contributed by atoms with van der Waals surface area (Å²) in [6, 6.07) is 16.3. The summed E-state index contributed by atoms with van der Waals surface area (Å²) in [5.74, 6) is 0.329. The number of rotatable bonds is 6. The molecule has 0 aromatic heterocycles. The molecule has 138 valence electrons. The lowest BCUT2D eigenvalue weighted by molar-refractivity contribution is -0.134. The minimum atomic E-state index is -0.478. The molecular weight excluding hydrogens is 384 g/mol. The van der Waals surface area contributed by atoms with Gasteiger partial charge in [0.25, 0.3) is 11.8 Å². The summed E-state index contributed by atoms with van der Waals surface area (Å²) >= 11 is 6.32. The standard InChI is InChI=1S/C19H16N2O4S2/c1-24-15-10-6-5-7-13(15)11-16-18(23)21(19(26)27-16)20-17(22)12-25-14-8-3-2-4-9-14/h2-11H,12H2,1H3,(H,20,22). The number of hydrazine groups is 1. The van der Waals surface area contributed by atoms with Crippen molar-refractivity contribution < 1.29 is 19.1 Å². The lowest BCUT2D eigenvalue weighted by atomic mass is 10.2. The molecule has 27 heavy (non-hydrogen) atoms. The van der Waals surface area contributed by atoms with Crippen molar-refractivity contribution in [1.29, 1.82) is 0 Å². The maximum atomic E-state index is 12.6. The number of hydrogen-bond acceptors (Lipinski definition) is 6. The average molecular weight is 400 g/mol. The van der Waals surface area contributed by atoms with Gasteiger partial charge >= 0.3 is 0 Å². The highest BCUT2D eigenvalue weighted by Gasteiger charge is 2.33. The maximum absolute atomic E-state index is 12.6. The van der Waals surface area contributed by atoms with E-state index >= 15 is 0 Å². The predicted molar refractivity (Wildman–Crippen MR) is 108 cm³/mol. The van der Waals surface area contributed by atoms with Crippen LogP contribution < -0.4 is 14.9 Å². The van der Waals surface area contributed by atoms with Crippen LogP contribution >= 0.6 is 24.0 Å². The van der Waals surface area contributed by atoms with Gasteiger partial charge in [0.05, 0.1) is 12.0 Å². The zero-order valence-corrected chi connectivity index (χ0v) is 16.0. The van der Waals surface area contributed by atoms with E-state index in [0.29, 0.717) is 16.4 Å². The van der Waals surface area contributed by atoms with Crippen molar-refractivity contribution in [3.8, 4) is 11.5 Å². The van der Waals surface area contributed by atoms with E-state index in [1.807, 2.05) is 24.3 Å². The van der Waals surface area contributed by atoms with E-state index in [9.17, 15) is 9.59 Å². The van der Waals surface area contributed by atoms with Gasteiger partial charge in [0, 0.05) is 5.56 Å². The fraction of sp³-hybridized carbons (Fsp3) is 0.105. The van der Waals surface area contributed by atoms with Crippen LogP contribution in [0.3, 0.4) is 0 Å². The molecule has 0 spiro atoms. The van der Waals surface area contributed by atoms with Gasteiger partial charge < -0.3 is 9.47 Å². The number of thioether (sulfide) groups is 1. The van der Waals surface area contributed by atoms with Crippen LogP contribution in [0.2, 0.25) is 0 Å². The van der Waals surface area contributed by atoms with Crippen LogP contribution in [-0.4, -0.2) is 34.9 Å². The van der Waals surface area contributed by atoms with Crippen LogP contribution in [0, 0.1) is 0 Å². The second-order valence-corrected chi connectivity index (χ2v) is 7.07. The molecule has 1 aliphatic heterocycles. The zero-order valence-electron chi connectivity index (χ0n) is 14.4. The zero-order chi connectivity index (χ0) is 19.2. The quantitative estimate of drug-likeness (QED) is 0.594. The molecule has 1 aliphatic rings. The van der Waals surface area contributed by atoms with Crippen LogP contribution in [0.15, 0.2) is 59.5 Å². The topological polar surface area (TPSA) is 67.9 Å². The third-order valence-electron chi connectivity index (χ3n) is 3.57. The van der Waals surface area contributed by atoms with E-state index in [1.165, 1.54) is 0 Å². The van der Waals surface area contributed by atoms with Crippen molar-refractivity contribution in [2.24, 2.45) is 0 Å². The van der Waals surface area contributed by atoms with E-state index in [4.69, 9.17) is 21.7 Å². The second kappa shape index (κ2) is 8.70. The number of hydrogen-bond donors (Lipinski definition) is 1. The Morgan fingerprint density at radius 2 is 1.89 bits per heavy atom. The molecule has 3 rings (SSSR count). The van der Waals surface area contributed by atoms with E-state index in [2.05, 4.69) is 5.43 Å². The number of ether oxygens (including phenoxy) is 2. The van der Waals surface area contributed by atoms with Crippen molar-refractivity contribution >= 4 is 46.2 Å². The minimum absolute atomic E-state index is 0.230. The average Bonchev–Trinajstić information content (AvgIpc) is 2.95. The van der Waals surface area contributed by atoms with Crippen LogP contribution in [0.4, 0.5) is 0 Å². The van der Waals surface area contributed by atoms with E-state index in [-0.39, 0.29) is 10.9 Å². The molecule has 2 aromatic rings. The van der Waals surface area contributed by atoms with Gasteiger partial charge in [-0.15, -0.1) is 0 Å². The number of nitrogens with zero attached hydrogens (tertiary/aromatic N) is 1. The maximum Gasteiger partial charge on any atom is 0.285 e. The molecule has 2 amide bonds. The monoisotopic (exact) mass is 400 g/mol. The Bertz CT molecular complexity index is 900. The van der Waals surface area contributed by atoms with E-state index in [1.54, 1.807) is 43.5 Å². The van der Waals surface area contributed by atoms with Crippen LogP contribution in [-0.2, 0) is 9.59 Å². The Hall–Kier alpha value is -2.84. The second-order valence-electron chi connectivity index (χ2n) is 5.40. The molecule has 6 nitrogen and oxygen atoms in total. The number of para-hydroxylation sites is 2. The molecule has 0 aliphatic carbocycles. The molecule has 0 saturated carbocycles. The number of carbonyl (C=O) groups excluding carboxylic acids is 2. The van der Waals surface area contributed by atoms with Crippen LogP contribution in [0.5, 0.6) is 11.5 Å². The van der Waals surface area contributed by atoms with Gasteiger partial charge in [0.1, 0.15) is 11.5 Å². The van der Waals surface area contributed by atoms with E-state index in [0.717, 1.165) is 22.3 Å². The normalized spacial score (nSPS) is 15.1. The molecule has 1 N–H and O–H groups in total. The third-order valence-corrected chi connectivity index (χ3v) is 4.87. The Balaban J connectivity index is 1.65. The van der Waals surface area contributed by atoms with Gasteiger partial charge in [0.15, 0.2) is 10.9 Å². The largest absolute Gasteiger partial charge is 0.496 e. The summed E-state index contributed by atoms with van der Waals surface area (Å²) < 4.78 is 10.9. The molecule has 0 bridgehead atoms. The minimum Gasteiger partial charge on any atom is -0.496 e. The smallest absolute Gasteiger partial charge is 0.285 e. The lowest BCUT2D eigenvalue weighted by Gasteiger charge is -2.15. The first-order valence-corrected chi connectivity index (χ1v) is 9.19. The van der Waals surface area contributed by atoms with Gasteiger partial charge in [-0.1, -0.05) is 48.2 Å².